The number of aliphatic hydroxyl groups excluding tert-OH is 1. The number of allylic oxidation sites excluding steroid dienone is 3. The van der Waals surface area contributed by atoms with Crippen LogP contribution in [-0.4, -0.2) is 24.8 Å². The normalized spacial score (nSPS) is 12.6. The summed E-state index contributed by atoms with van der Waals surface area (Å²) in [6.07, 6.45) is 9.53. The number of nitrogens with one attached hydrogen (secondary N) is 1. The van der Waals surface area contributed by atoms with Gasteiger partial charge in [-0.2, -0.15) is 0 Å². The summed E-state index contributed by atoms with van der Waals surface area (Å²) in [6.45, 7) is 6.39. The Hall–Kier alpha value is -0.600. The molecule has 0 spiro atoms. The number of rotatable bonds is 8. The fourth-order valence-corrected chi connectivity index (χ4v) is 1.15. The lowest BCUT2D eigenvalue weighted by Crippen LogP contribution is -2.17. The molecule has 82 valence electrons. The molecule has 2 N–H and O–H groups in total. The summed E-state index contributed by atoms with van der Waals surface area (Å²) in [7, 11) is 0. The zero-order chi connectivity index (χ0) is 10.6. The van der Waals surface area contributed by atoms with Gasteiger partial charge in [0, 0.05) is 6.61 Å². The number of hydrogen-bond acceptors (Lipinski definition) is 2. The molecule has 0 rings (SSSR count). The van der Waals surface area contributed by atoms with Crippen LogP contribution in [0.25, 0.3) is 0 Å². The van der Waals surface area contributed by atoms with E-state index in [-0.39, 0.29) is 6.61 Å². The molecule has 0 atom stereocenters. The van der Waals surface area contributed by atoms with E-state index in [4.69, 9.17) is 5.11 Å². The molecule has 0 bridgehead atoms. The predicted octanol–water partition coefficient (Wildman–Crippen LogP) is 2.26. The van der Waals surface area contributed by atoms with Crippen molar-refractivity contribution in [2.24, 2.45) is 0 Å². The van der Waals surface area contributed by atoms with Crippen molar-refractivity contribution in [2.45, 2.75) is 33.1 Å². The van der Waals surface area contributed by atoms with Crippen molar-refractivity contribution in [3.8, 4) is 0 Å². The summed E-state index contributed by atoms with van der Waals surface area (Å²) in [4.78, 5) is 0. The standard InChI is InChI=1S/C12H23NO/c1-3-5-7-12(4-2)8-10-13-9-6-11-14/h4-5,7,13-14H,3,6,8-11H2,1-2H3/b7-5-,12-4+. The Morgan fingerprint density at radius 3 is 2.71 bits per heavy atom. The smallest absolute Gasteiger partial charge is 0.0443 e. The highest BCUT2D eigenvalue weighted by Crippen LogP contribution is 2.02. The molecule has 0 radical (unpaired) electrons. The van der Waals surface area contributed by atoms with E-state index in [1.807, 2.05) is 0 Å². The molecule has 0 saturated carbocycles. The van der Waals surface area contributed by atoms with Crippen LogP contribution in [0.2, 0.25) is 0 Å². The highest BCUT2D eigenvalue weighted by Gasteiger charge is 1.91. The molecule has 14 heavy (non-hydrogen) atoms. The van der Waals surface area contributed by atoms with Gasteiger partial charge in [-0.05, 0) is 39.3 Å². The van der Waals surface area contributed by atoms with Crippen molar-refractivity contribution in [1.29, 1.82) is 0 Å². The molecule has 0 aromatic carbocycles. The van der Waals surface area contributed by atoms with Gasteiger partial charge in [-0.15, -0.1) is 0 Å². The van der Waals surface area contributed by atoms with Gasteiger partial charge in [0.05, 0.1) is 0 Å². The molecule has 2 nitrogen and oxygen atoms in total. The van der Waals surface area contributed by atoms with Crippen molar-refractivity contribution in [3.05, 3.63) is 23.8 Å². The first-order valence-electron chi connectivity index (χ1n) is 5.48. The van der Waals surface area contributed by atoms with Crippen molar-refractivity contribution < 1.29 is 5.11 Å². The topological polar surface area (TPSA) is 32.3 Å². The molecule has 0 amide bonds. The fraction of sp³-hybridized carbons (Fsp3) is 0.667. The first kappa shape index (κ1) is 13.4. The van der Waals surface area contributed by atoms with E-state index >= 15 is 0 Å². The van der Waals surface area contributed by atoms with Crippen LogP contribution in [0.15, 0.2) is 23.8 Å². The average molecular weight is 197 g/mol. The minimum absolute atomic E-state index is 0.277. The predicted molar refractivity (Wildman–Crippen MR) is 62.4 cm³/mol. The molecule has 0 heterocycles. The van der Waals surface area contributed by atoms with Gasteiger partial charge in [0.2, 0.25) is 0 Å². The maximum absolute atomic E-state index is 8.57. The summed E-state index contributed by atoms with van der Waals surface area (Å²) in [6, 6.07) is 0. The molecular formula is C12H23NO. The molecule has 0 aliphatic rings. The minimum Gasteiger partial charge on any atom is -0.396 e. The zero-order valence-electron chi connectivity index (χ0n) is 9.42. The van der Waals surface area contributed by atoms with Crippen LogP contribution in [0.3, 0.4) is 0 Å². The Kier molecular flexibility index (Phi) is 10.0. The second-order valence-corrected chi connectivity index (χ2v) is 3.25. The van der Waals surface area contributed by atoms with Crippen molar-refractivity contribution in [3.63, 3.8) is 0 Å². The van der Waals surface area contributed by atoms with E-state index in [1.54, 1.807) is 0 Å². The Labute approximate surface area is 87.7 Å². The lowest BCUT2D eigenvalue weighted by atomic mass is 10.1. The van der Waals surface area contributed by atoms with Gasteiger partial charge in [-0.1, -0.05) is 30.7 Å². The van der Waals surface area contributed by atoms with Gasteiger partial charge in [0.1, 0.15) is 0 Å². The SMILES string of the molecule is C/C=C(\C=C/CC)CCNCCCO. The van der Waals surface area contributed by atoms with Crippen LogP contribution in [0, 0.1) is 0 Å². The van der Waals surface area contributed by atoms with E-state index in [0.29, 0.717) is 0 Å². The second-order valence-electron chi connectivity index (χ2n) is 3.25. The Bertz CT molecular complexity index is 173. The molecule has 0 aromatic rings. The van der Waals surface area contributed by atoms with Gasteiger partial charge < -0.3 is 10.4 Å². The first-order valence-corrected chi connectivity index (χ1v) is 5.48. The highest BCUT2D eigenvalue weighted by molar-refractivity contribution is 5.17. The molecule has 2 heteroatoms. The van der Waals surface area contributed by atoms with Crippen LogP contribution in [0.4, 0.5) is 0 Å². The van der Waals surface area contributed by atoms with Gasteiger partial charge in [0.25, 0.3) is 0 Å². The molecule has 0 aliphatic heterocycles. The van der Waals surface area contributed by atoms with E-state index < -0.39 is 0 Å². The summed E-state index contributed by atoms with van der Waals surface area (Å²) in [5.74, 6) is 0. The third kappa shape index (κ3) is 8.02. The maximum Gasteiger partial charge on any atom is 0.0443 e. The summed E-state index contributed by atoms with van der Waals surface area (Å²) >= 11 is 0. The molecule has 0 aromatic heterocycles. The van der Waals surface area contributed by atoms with Crippen molar-refractivity contribution >= 4 is 0 Å². The largest absolute Gasteiger partial charge is 0.396 e. The fourth-order valence-electron chi connectivity index (χ4n) is 1.15. The van der Waals surface area contributed by atoms with Gasteiger partial charge in [0.15, 0.2) is 0 Å². The van der Waals surface area contributed by atoms with E-state index in [2.05, 4.69) is 37.4 Å². The maximum atomic E-state index is 8.57. The van der Waals surface area contributed by atoms with Gasteiger partial charge in [-0.25, -0.2) is 0 Å². The second kappa shape index (κ2) is 10.5. The van der Waals surface area contributed by atoms with Crippen molar-refractivity contribution in [1.82, 2.24) is 5.32 Å². The molecule has 0 saturated heterocycles. The summed E-state index contributed by atoms with van der Waals surface area (Å²) < 4.78 is 0. The number of hydrogen-bond donors (Lipinski definition) is 2. The number of aliphatic hydroxyl groups is 1. The van der Waals surface area contributed by atoms with Gasteiger partial charge >= 0.3 is 0 Å². The zero-order valence-corrected chi connectivity index (χ0v) is 9.42. The van der Waals surface area contributed by atoms with E-state index in [9.17, 15) is 0 Å². The van der Waals surface area contributed by atoms with Crippen LogP contribution in [0.1, 0.15) is 33.1 Å². The van der Waals surface area contributed by atoms with Crippen LogP contribution in [0.5, 0.6) is 0 Å². The van der Waals surface area contributed by atoms with Crippen LogP contribution >= 0.6 is 0 Å². The quantitative estimate of drug-likeness (QED) is 0.462. The van der Waals surface area contributed by atoms with Crippen LogP contribution in [-0.2, 0) is 0 Å². The lowest BCUT2D eigenvalue weighted by Gasteiger charge is -2.03. The first-order chi connectivity index (χ1) is 6.85. The monoisotopic (exact) mass is 197 g/mol. The summed E-state index contributed by atoms with van der Waals surface area (Å²) in [5, 5.41) is 11.9. The van der Waals surface area contributed by atoms with Crippen molar-refractivity contribution in [2.75, 3.05) is 19.7 Å². The average Bonchev–Trinajstić information content (AvgIpc) is 2.22. The Morgan fingerprint density at radius 2 is 2.14 bits per heavy atom. The van der Waals surface area contributed by atoms with Gasteiger partial charge in [-0.3, -0.25) is 0 Å². The van der Waals surface area contributed by atoms with E-state index in [0.717, 1.165) is 32.4 Å². The molecule has 0 unspecified atom stereocenters. The third-order valence-corrected chi connectivity index (χ3v) is 2.04. The van der Waals surface area contributed by atoms with Crippen LogP contribution < -0.4 is 5.32 Å². The molecule has 0 aliphatic carbocycles. The lowest BCUT2D eigenvalue weighted by molar-refractivity contribution is 0.286. The third-order valence-electron chi connectivity index (χ3n) is 2.04. The minimum atomic E-state index is 0.277. The Morgan fingerprint density at radius 1 is 1.36 bits per heavy atom. The Balaban J connectivity index is 3.49. The molecular weight excluding hydrogens is 174 g/mol. The van der Waals surface area contributed by atoms with E-state index in [1.165, 1.54) is 5.57 Å². The highest BCUT2D eigenvalue weighted by atomic mass is 16.3. The molecule has 0 fully saturated rings. The summed E-state index contributed by atoms with van der Waals surface area (Å²) in [5.41, 5.74) is 1.38.